The van der Waals surface area contributed by atoms with E-state index in [-0.39, 0.29) is 6.61 Å². The average Bonchev–Trinajstić information content (AvgIpc) is 3.46. The molecular weight excluding hydrogens is 434 g/mol. The fourth-order valence-corrected chi connectivity index (χ4v) is 5.42. The Morgan fingerprint density at radius 2 is 2.07 bits per heavy atom. The average molecular weight is 458 g/mol. The highest BCUT2D eigenvalue weighted by atomic mass is 32.2. The van der Waals surface area contributed by atoms with E-state index in [1.54, 1.807) is 22.7 Å². The highest BCUT2D eigenvalue weighted by Crippen LogP contribution is 2.30. The van der Waals surface area contributed by atoms with Gasteiger partial charge in [0.2, 0.25) is 5.16 Å². The van der Waals surface area contributed by atoms with E-state index in [4.69, 9.17) is 15.6 Å². The smallest absolute Gasteiger partial charge is 0.210 e. The van der Waals surface area contributed by atoms with Crippen LogP contribution in [-0.2, 0) is 12.4 Å². The van der Waals surface area contributed by atoms with Crippen LogP contribution in [-0.4, -0.2) is 19.9 Å². The number of aryl methyl sites for hydroxylation is 1. The molecule has 2 N–H and O–H groups in total. The van der Waals surface area contributed by atoms with Crippen LogP contribution in [0.3, 0.4) is 0 Å². The van der Waals surface area contributed by atoms with E-state index in [1.807, 2.05) is 6.07 Å². The lowest BCUT2D eigenvalue weighted by atomic mass is 10.0. The maximum Gasteiger partial charge on any atom is 0.210 e. The zero-order valence-corrected chi connectivity index (χ0v) is 19.5. The molecule has 0 spiro atoms. The van der Waals surface area contributed by atoms with Gasteiger partial charge in [0.1, 0.15) is 17.4 Å². The number of nitrogens with two attached hydrogens (primary N) is 1. The van der Waals surface area contributed by atoms with Crippen molar-refractivity contribution in [1.82, 2.24) is 19.9 Å². The lowest BCUT2D eigenvalue weighted by Gasteiger charge is -2.14. The van der Waals surface area contributed by atoms with Gasteiger partial charge in [0.15, 0.2) is 5.82 Å². The summed E-state index contributed by atoms with van der Waals surface area (Å²) in [4.78, 5) is 5.89. The number of aromatic nitrogens is 4. The van der Waals surface area contributed by atoms with Gasteiger partial charge in [0, 0.05) is 11.1 Å². The number of thioether (sulfide) groups is 1. The second kappa shape index (κ2) is 9.20. The van der Waals surface area contributed by atoms with Crippen molar-refractivity contribution in [2.24, 2.45) is 0 Å². The summed E-state index contributed by atoms with van der Waals surface area (Å²) in [6, 6.07) is 10.4. The highest BCUT2D eigenvalue weighted by molar-refractivity contribution is 7.98. The number of thiophene rings is 1. The Morgan fingerprint density at radius 3 is 2.83 bits per heavy atom. The van der Waals surface area contributed by atoms with Crippen molar-refractivity contribution in [3.05, 3.63) is 63.7 Å². The van der Waals surface area contributed by atoms with Crippen molar-refractivity contribution in [3.63, 3.8) is 0 Å². The summed E-state index contributed by atoms with van der Waals surface area (Å²) in [5, 5.41) is 14.3. The fourth-order valence-electron chi connectivity index (χ4n) is 2.92. The first-order valence-corrected chi connectivity index (χ1v) is 12.3. The summed E-state index contributed by atoms with van der Waals surface area (Å²) in [6.45, 7) is 6.63. The third-order valence-corrected chi connectivity index (χ3v) is 7.42. The Morgan fingerprint density at radius 1 is 1.20 bits per heavy atom. The molecule has 0 saturated heterocycles. The van der Waals surface area contributed by atoms with Crippen molar-refractivity contribution in [2.45, 2.75) is 44.2 Å². The molecule has 0 radical (unpaired) electrons. The molecule has 3 heterocycles. The Bertz CT molecular complexity index is 1120. The van der Waals surface area contributed by atoms with Gasteiger partial charge in [-0.05, 0) is 41.5 Å². The van der Waals surface area contributed by atoms with E-state index >= 15 is 0 Å². The summed E-state index contributed by atoms with van der Waals surface area (Å²) >= 11 is 4.87. The van der Waals surface area contributed by atoms with Gasteiger partial charge in [-0.1, -0.05) is 43.8 Å². The summed E-state index contributed by atoms with van der Waals surface area (Å²) in [7, 11) is 0. The van der Waals surface area contributed by atoms with Crippen molar-refractivity contribution in [3.8, 4) is 15.6 Å². The predicted octanol–water partition coefficient (Wildman–Crippen LogP) is 5.48. The second-order valence-electron chi connectivity index (χ2n) is 7.16. The van der Waals surface area contributed by atoms with Crippen LogP contribution < -0.4 is 10.6 Å². The van der Waals surface area contributed by atoms with Crippen LogP contribution in [0, 0.1) is 6.92 Å². The van der Waals surface area contributed by atoms with Crippen molar-refractivity contribution in [2.75, 3.05) is 5.84 Å². The molecule has 0 aliphatic rings. The first kappa shape index (κ1) is 20.9. The summed E-state index contributed by atoms with van der Waals surface area (Å²) in [5.41, 5.74) is 3.34. The SMILES string of the molecule is Cc1ccc(C(C)C)c(OCc2nnc(SCc3csc(-c4cccs4)n3)n2N)c1. The zero-order valence-electron chi connectivity index (χ0n) is 17.0. The molecule has 0 aliphatic heterocycles. The van der Waals surface area contributed by atoms with Crippen LogP contribution in [0.4, 0.5) is 0 Å². The molecular formula is C21H23N5OS3. The minimum Gasteiger partial charge on any atom is -0.485 e. The zero-order chi connectivity index (χ0) is 21.1. The van der Waals surface area contributed by atoms with E-state index in [0.29, 0.717) is 22.7 Å². The van der Waals surface area contributed by atoms with E-state index in [0.717, 1.165) is 22.0 Å². The van der Waals surface area contributed by atoms with Crippen LogP contribution in [0.25, 0.3) is 9.88 Å². The molecule has 0 amide bonds. The van der Waals surface area contributed by atoms with E-state index in [2.05, 4.69) is 66.0 Å². The Kier molecular flexibility index (Phi) is 6.40. The molecule has 0 atom stereocenters. The minimum atomic E-state index is 0.270. The monoisotopic (exact) mass is 457 g/mol. The molecule has 1 aromatic carbocycles. The number of hydrogen-bond acceptors (Lipinski definition) is 8. The van der Waals surface area contributed by atoms with Gasteiger partial charge in [-0.2, -0.15) is 0 Å². The maximum absolute atomic E-state index is 6.22. The molecule has 4 aromatic rings. The molecule has 3 aromatic heterocycles. The van der Waals surface area contributed by atoms with Crippen molar-refractivity contribution >= 4 is 34.4 Å². The Balaban J connectivity index is 1.39. The fraction of sp³-hybridized carbons (Fsp3) is 0.286. The standard InChI is InChI=1S/C21H23N5OS3/c1-13(2)16-7-6-14(3)9-17(16)27-10-19-24-25-21(26(19)22)30-12-15-11-29-20(23-15)18-5-4-8-28-18/h4-9,11,13H,10,12,22H2,1-3H3. The number of nitrogens with zero attached hydrogens (tertiary/aromatic N) is 4. The molecule has 4 rings (SSSR count). The molecule has 0 aliphatic carbocycles. The lowest BCUT2D eigenvalue weighted by Crippen LogP contribution is -2.16. The summed E-state index contributed by atoms with van der Waals surface area (Å²) in [6.07, 6.45) is 0. The largest absolute Gasteiger partial charge is 0.485 e. The van der Waals surface area contributed by atoms with Gasteiger partial charge < -0.3 is 10.6 Å². The van der Waals surface area contributed by atoms with Gasteiger partial charge in [0.25, 0.3) is 0 Å². The summed E-state index contributed by atoms with van der Waals surface area (Å²) < 4.78 is 7.55. The molecule has 0 bridgehead atoms. The van der Waals surface area contributed by atoms with Gasteiger partial charge in [-0.15, -0.1) is 32.9 Å². The molecule has 0 saturated carbocycles. The van der Waals surface area contributed by atoms with E-state index in [9.17, 15) is 0 Å². The number of nitrogen functional groups attached to an aromatic ring is 1. The first-order chi connectivity index (χ1) is 14.5. The molecule has 9 heteroatoms. The molecule has 6 nitrogen and oxygen atoms in total. The number of thiazole rings is 1. The minimum absolute atomic E-state index is 0.270. The van der Waals surface area contributed by atoms with Crippen LogP contribution in [0.5, 0.6) is 5.75 Å². The summed E-state index contributed by atoms with van der Waals surface area (Å²) in [5.74, 6) is 8.73. The molecule has 0 unspecified atom stereocenters. The topological polar surface area (TPSA) is 78.9 Å². The van der Waals surface area contributed by atoms with Gasteiger partial charge in [0.05, 0.1) is 10.6 Å². The molecule has 30 heavy (non-hydrogen) atoms. The predicted molar refractivity (Wildman–Crippen MR) is 125 cm³/mol. The van der Waals surface area contributed by atoms with Crippen LogP contribution >= 0.6 is 34.4 Å². The van der Waals surface area contributed by atoms with Crippen molar-refractivity contribution in [1.29, 1.82) is 0 Å². The third kappa shape index (κ3) is 4.69. The second-order valence-corrected chi connectivity index (χ2v) is 9.91. The van der Waals surface area contributed by atoms with Crippen LogP contribution in [0.15, 0.2) is 46.2 Å². The van der Waals surface area contributed by atoms with Gasteiger partial charge in [-0.25, -0.2) is 9.66 Å². The Hall–Kier alpha value is -2.36. The first-order valence-electron chi connectivity index (χ1n) is 9.55. The van der Waals surface area contributed by atoms with E-state index < -0.39 is 0 Å². The van der Waals surface area contributed by atoms with Crippen LogP contribution in [0.2, 0.25) is 0 Å². The third-order valence-electron chi connectivity index (χ3n) is 4.52. The molecule has 156 valence electrons. The van der Waals surface area contributed by atoms with E-state index in [1.165, 1.54) is 26.9 Å². The quantitative estimate of drug-likeness (QED) is 0.279. The number of ether oxygens (including phenoxy) is 1. The lowest BCUT2D eigenvalue weighted by molar-refractivity contribution is 0.287. The normalized spacial score (nSPS) is 11.3. The van der Waals surface area contributed by atoms with Crippen molar-refractivity contribution < 1.29 is 4.74 Å². The van der Waals surface area contributed by atoms with Crippen LogP contribution in [0.1, 0.15) is 42.4 Å². The maximum atomic E-state index is 6.22. The highest BCUT2D eigenvalue weighted by Gasteiger charge is 2.14. The molecule has 0 fully saturated rings. The van der Waals surface area contributed by atoms with Gasteiger partial charge >= 0.3 is 0 Å². The Labute approximate surface area is 188 Å². The number of benzene rings is 1. The van der Waals surface area contributed by atoms with Gasteiger partial charge in [-0.3, -0.25) is 0 Å². The number of rotatable bonds is 8. The number of hydrogen-bond donors (Lipinski definition) is 1.